The van der Waals surface area contributed by atoms with Crippen LogP contribution in [0.4, 0.5) is 0 Å². The largest absolute Gasteiger partial charge is 0.342 e. The third-order valence-corrected chi connectivity index (χ3v) is 4.12. The van der Waals surface area contributed by atoms with Crippen molar-refractivity contribution in [2.75, 3.05) is 20.1 Å². The minimum absolute atomic E-state index is 0. The third-order valence-electron chi connectivity index (χ3n) is 4.12. The molecule has 17 heavy (non-hydrogen) atoms. The van der Waals surface area contributed by atoms with E-state index in [1.54, 1.807) is 0 Å². The summed E-state index contributed by atoms with van der Waals surface area (Å²) in [5, 5.41) is 3.33. The molecule has 1 saturated heterocycles. The van der Waals surface area contributed by atoms with Gasteiger partial charge >= 0.3 is 0 Å². The number of carbonyl (C=O) groups excluding carboxylic acids is 1. The maximum Gasteiger partial charge on any atom is 0.226 e. The van der Waals surface area contributed by atoms with Gasteiger partial charge in [-0.1, -0.05) is 19.3 Å². The van der Waals surface area contributed by atoms with E-state index >= 15 is 0 Å². The molecule has 1 aliphatic carbocycles. The molecule has 2 rings (SSSR count). The summed E-state index contributed by atoms with van der Waals surface area (Å²) >= 11 is 0. The normalized spacial score (nSPS) is 26.1. The zero-order valence-corrected chi connectivity index (χ0v) is 11.6. The van der Waals surface area contributed by atoms with Crippen LogP contribution in [0.1, 0.15) is 44.9 Å². The molecule has 2 aliphatic rings. The number of halogens is 1. The number of amides is 1. The Bertz CT molecular complexity index is 236. The summed E-state index contributed by atoms with van der Waals surface area (Å²) in [6.07, 6.45) is 8.59. The molecule has 0 aromatic rings. The van der Waals surface area contributed by atoms with E-state index in [0.29, 0.717) is 11.9 Å². The molecule has 3 nitrogen and oxygen atoms in total. The average molecular weight is 261 g/mol. The Morgan fingerprint density at radius 2 is 1.82 bits per heavy atom. The zero-order chi connectivity index (χ0) is 11.4. The molecular formula is C13H25ClN2O. The van der Waals surface area contributed by atoms with Crippen molar-refractivity contribution in [3.63, 3.8) is 0 Å². The maximum absolute atomic E-state index is 12.3. The number of hydrogen-bond acceptors (Lipinski definition) is 2. The summed E-state index contributed by atoms with van der Waals surface area (Å²) in [5.41, 5.74) is 0. The number of carbonyl (C=O) groups is 1. The molecule has 1 aliphatic heterocycles. The molecule has 0 aromatic carbocycles. The fourth-order valence-corrected chi connectivity index (χ4v) is 3.00. The molecular weight excluding hydrogens is 236 g/mol. The number of hydrogen-bond donors (Lipinski definition) is 1. The molecule has 1 saturated carbocycles. The minimum Gasteiger partial charge on any atom is -0.342 e. The fraction of sp³-hybridized carbons (Fsp3) is 0.923. The van der Waals surface area contributed by atoms with Crippen LogP contribution in [-0.2, 0) is 4.79 Å². The molecule has 1 amide bonds. The summed E-state index contributed by atoms with van der Waals surface area (Å²) in [6.45, 7) is 1.97. The van der Waals surface area contributed by atoms with Crippen LogP contribution in [0.3, 0.4) is 0 Å². The molecule has 2 fully saturated rings. The van der Waals surface area contributed by atoms with E-state index in [2.05, 4.69) is 5.32 Å². The second-order valence-corrected chi connectivity index (χ2v) is 5.28. The fourth-order valence-electron chi connectivity index (χ4n) is 3.00. The Morgan fingerprint density at radius 3 is 2.41 bits per heavy atom. The third kappa shape index (κ3) is 3.85. The van der Waals surface area contributed by atoms with E-state index in [1.807, 2.05) is 11.9 Å². The number of nitrogens with one attached hydrogen (secondary N) is 1. The topological polar surface area (TPSA) is 32.3 Å². The van der Waals surface area contributed by atoms with Crippen molar-refractivity contribution in [2.45, 2.75) is 51.0 Å². The van der Waals surface area contributed by atoms with Gasteiger partial charge < -0.3 is 10.2 Å². The van der Waals surface area contributed by atoms with Gasteiger partial charge in [0.25, 0.3) is 0 Å². The number of nitrogens with zero attached hydrogens (tertiary/aromatic N) is 1. The first-order valence-corrected chi connectivity index (χ1v) is 6.76. The second kappa shape index (κ2) is 7.22. The summed E-state index contributed by atoms with van der Waals surface area (Å²) in [7, 11) is 2.01. The van der Waals surface area contributed by atoms with Gasteiger partial charge in [-0.05, 0) is 32.2 Å². The van der Waals surface area contributed by atoms with Crippen LogP contribution in [0.15, 0.2) is 0 Å². The predicted octanol–water partition coefficient (Wildman–Crippen LogP) is 2.20. The van der Waals surface area contributed by atoms with E-state index in [9.17, 15) is 4.79 Å². The molecule has 0 bridgehead atoms. The van der Waals surface area contributed by atoms with Crippen molar-refractivity contribution in [3.8, 4) is 0 Å². The van der Waals surface area contributed by atoms with Crippen molar-refractivity contribution in [3.05, 3.63) is 0 Å². The number of rotatable bonds is 2. The summed E-state index contributed by atoms with van der Waals surface area (Å²) in [4.78, 5) is 14.3. The lowest BCUT2D eigenvalue weighted by Gasteiger charge is -2.34. The smallest absolute Gasteiger partial charge is 0.226 e. The minimum atomic E-state index is 0. The first-order chi connectivity index (χ1) is 7.79. The molecule has 1 N–H and O–H groups in total. The highest BCUT2D eigenvalue weighted by atomic mass is 35.5. The second-order valence-electron chi connectivity index (χ2n) is 5.28. The standard InChI is InChI=1S/C13H24N2O.ClH/c1-15(12-7-3-2-4-8-12)13(16)11-6-5-9-14-10-11;/h11-12,14H,2-10H2,1H3;1H. The molecule has 0 radical (unpaired) electrons. The van der Waals surface area contributed by atoms with Crippen molar-refractivity contribution in [1.29, 1.82) is 0 Å². The van der Waals surface area contributed by atoms with Gasteiger partial charge in [-0.15, -0.1) is 12.4 Å². The van der Waals surface area contributed by atoms with Gasteiger partial charge in [0, 0.05) is 19.6 Å². The van der Waals surface area contributed by atoms with Crippen LogP contribution in [-0.4, -0.2) is 37.0 Å². The Morgan fingerprint density at radius 1 is 1.12 bits per heavy atom. The van der Waals surface area contributed by atoms with Gasteiger partial charge in [0.2, 0.25) is 5.91 Å². The van der Waals surface area contributed by atoms with Gasteiger partial charge in [0.05, 0.1) is 5.92 Å². The van der Waals surface area contributed by atoms with Crippen molar-refractivity contribution >= 4 is 18.3 Å². The molecule has 1 atom stereocenters. The summed E-state index contributed by atoms with van der Waals surface area (Å²) in [6, 6.07) is 0.517. The number of piperidine rings is 1. The van der Waals surface area contributed by atoms with Gasteiger partial charge in [-0.25, -0.2) is 0 Å². The quantitative estimate of drug-likeness (QED) is 0.826. The van der Waals surface area contributed by atoms with Gasteiger partial charge in [-0.2, -0.15) is 0 Å². The van der Waals surface area contributed by atoms with Crippen LogP contribution in [0, 0.1) is 5.92 Å². The maximum atomic E-state index is 12.3. The molecule has 100 valence electrons. The van der Waals surface area contributed by atoms with Crippen LogP contribution >= 0.6 is 12.4 Å². The molecule has 1 unspecified atom stereocenters. The average Bonchev–Trinajstić information content (AvgIpc) is 2.39. The van der Waals surface area contributed by atoms with Crippen molar-refractivity contribution in [2.24, 2.45) is 5.92 Å². The van der Waals surface area contributed by atoms with E-state index < -0.39 is 0 Å². The lowest BCUT2D eigenvalue weighted by atomic mass is 9.92. The lowest BCUT2D eigenvalue weighted by molar-refractivity contribution is -0.137. The Kier molecular flexibility index (Phi) is 6.28. The molecule has 0 aromatic heterocycles. The first kappa shape index (κ1) is 14.8. The first-order valence-electron chi connectivity index (χ1n) is 6.76. The monoisotopic (exact) mass is 260 g/mol. The van der Waals surface area contributed by atoms with Crippen LogP contribution in [0.5, 0.6) is 0 Å². The van der Waals surface area contributed by atoms with E-state index in [4.69, 9.17) is 0 Å². The van der Waals surface area contributed by atoms with Gasteiger partial charge in [0.1, 0.15) is 0 Å². The van der Waals surface area contributed by atoms with Crippen molar-refractivity contribution in [1.82, 2.24) is 10.2 Å². The Labute approximate surface area is 111 Å². The predicted molar refractivity (Wildman–Crippen MR) is 72.5 cm³/mol. The van der Waals surface area contributed by atoms with E-state index in [-0.39, 0.29) is 18.3 Å². The highest BCUT2D eigenvalue weighted by Crippen LogP contribution is 2.24. The van der Waals surface area contributed by atoms with Gasteiger partial charge in [-0.3, -0.25) is 4.79 Å². The van der Waals surface area contributed by atoms with Crippen molar-refractivity contribution < 1.29 is 4.79 Å². The zero-order valence-electron chi connectivity index (χ0n) is 10.8. The van der Waals surface area contributed by atoms with Crippen LogP contribution in [0.25, 0.3) is 0 Å². The molecule has 4 heteroatoms. The molecule has 1 heterocycles. The Balaban J connectivity index is 0.00000144. The van der Waals surface area contributed by atoms with Gasteiger partial charge in [0.15, 0.2) is 0 Å². The van der Waals surface area contributed by atoms with E-state index in [0.717, 1.165) is 25.9 Å². The van der Waals surface area contributed by atoms with Crippen LogP contribution in [0.2, 0.25) is 0 Å². The highest BCUT2D eigenvalue weighted by Gasteiger charge is 2.28. The summed E-state index contributed by atoms with van der Waals surface area (Å²) in [5.74, 6) is 0.611. The van der Waals surface area contributed by atoms with E-state index in [1.165, 1.54) is 32.1 Å². The SMILES string of the molecule is CN(C(=O)C1CCCNC1)C1CCCCC1.Cl. The Hall–Kier alpha value is -0.280. The lowest BCUT2D eigenvalue weighted by Crippen LogP contribution is -2.46. The molecule has 0 spiro atoms. The van der Waals surface area contributed by atoms with Crippen LogP contribution < -0.4 is 5.32 Å². The summed E-state index contributed by atoms with van der Waals surface area (Å²) < 4.78 is 0. The highest BCUT2D eigenvalue weighted by molar-refractivity contribution is 5.85.